The number of guanidine groups is 1. The van der Waals surface area contributed by atoms with Gasteiger partial charge in [-0.25, -0.2) is 0 Å². The van der Waals surface area contributed by atoms with Gasteiger partial charge in [0.2, 0.25) is 0 Å². The Morgan fingerprint density at radius 3 is 2.63 bits per heavy atom. The van der Waals surface area contributed by atoms with Crippen molar-refractivity contribution in [3.63, 3.8) is 0 Å². The highest BCUT2D eigenvalue weighted by molar-refractivity contribution is 9.10. The van der Waals surface area contributed by atoms with Crippen molar-refractivity contribution in [2.24, 2.45) is 10.9 Å². The van der Waals surface area contributed by atoms with Crippen molar-refractivity contribution in [3.8, 4) is 0 Å². The summed E-state index contributed by atoms with van der Waals surface area (Å²) in [5.41, 5.74) is 1.67. The van der Waals surface area contributed by atoms with Gasteiger partial charge in [0.05, 0.1) is 6.61 Å². The van der Waals surface area contributed by atoms with Crippen LogP contribution in [0.5, 0.6) is 0 Å². The minimum Gasteiger partial charge on any atom is -0.383 e. The van der Waals surface area contributed by atoms with E-state index in [1.54, 1.807) is 7.11 Å². The van der Waals surface area contributed by atoms with Crippen LogP contribution in [0.25, 0.3) is 0 Å². The predicted octanol–water partition coefficient (Wildman–Crippen LogP) is 3.00. The molecule has 0 radical (unpaired) electrons. The van der Waals surface area contributed by atoms with Crippen LogP contribution in [-0.4, -0.2) is 64.3 Å². The first-order valence-corrected chi connectivity index (χ1v) is 10.9. The summed E-state index contributed by atoms with van der Waals surface area (Å²) in [6, 6.07) is 8.60. The minimum atomic E-state index is 0.254. The van der Waals surface area contributed by atoms with Gasteiger partial charge in [0.1, 0.15) is 0 Å². The van der Waals surface area contributed by atoms with E-state index in [0.717, 1.165) is 38.1 Å². The Kier molecular flexibility index (Phi) is 7.56. The Morgan fingerprint density at radius 2 is 2.00 bits per heavy atom. The van der Waals surface area contributed by atoms with Crippen LogP contribution in [0.15, 0.2) is 33.7 Å². The zero-order valence-electron chi connectivity index (χ0n) is 16.6. The molecule has 3 rings (SSSR count). The molecule has 0 bridgehead atoms. The molecule has 0 amide bonds. The average molecular weight is 437 g/mol. The van der Waals surface area contributed by atoms with Gasteiger partial charge < -0.3 is 20.3 Å². The molecule has 2 fully saturated rings. The molecule has 0 aromatic heterocycles. The number of hydrogen-bond acceptors (Lipinski definition) is 3. The summed E-state index contributed by atoms with van der Waals surface area (Å²) in [5.74, 6) is 1.65. The van der Waals surface area contributed by atoms with E-state index in [9.17, 15) is 0 Å². The summed E-state index contributed by atoms with van der Waals surface area (Å²) in [4.78, 5) is 6.93. The summed E-state index contributed by atoms with van der Waals surface area (Å²) >= 11 is 3.71. The fourth-order valence-electron chi connectivity index (χ4n) is 3.93. The van der Waals surface area contributed by atoms with Crippen molar-refractivity contribution in [1.29, 1.82) is 0 Å². The largest absolute Gasteiger partial charge is 0.383 e. The number of ether oxygens (including phenoxy) is 1. The number of piperidine rings is 1. The van der Waals surface area contributed by atoms with Crippen LogP contribution in [0.1, 0.15) is 31.2 Å². The molecule has 0 spiro atoms. The van der Waals surface area contributed by atoms with Crippen LogP contribution in [0.3, 0.4) is 0 Å². The molecule has 150 valence electrons. The van der Waals surface area contributed by atoms with Gasteiger partial charge in [0, 0.05) is 43.7 Å². The second-order valence-corrected chi connectivity index (χ2v) is 8.70. The monoisotopic (exact) mass is 436 g/mol. The van der Waals surface area contributed by atoms with Gasteiger partial charge in [-0.1, -0.05) is 34.1 Å². The molecule has 1 saturated carbocycles. The first-order valence-electron chi connectivity index (χ1n) is 10.1. The number of aliphatic imine (C=N–C) groups is 1. The SMILES string of the molecule is CN=C(NCC1CCN(CCOC)CC1)NCC1(c2ccccc2Br)CC1. The van der Waals surface area contributed by atoms with Crippen molar-refractivity contribution < 1.29 is 4.74 Å². The Bertz CT molecular complexity index is 624. The third-order valence-electron chi connectivity index (χ3n) is 5.99. The number of methoxy groups -OCH3 is 1. The molecular formula is C21H33BrN4O. The molecule has 1 saturated heterocycles. The van der Waals surface area contributed by atoms with Crippen LogP contribution in [0, 0.1) is 5.92 Å². The lowest BCUT2D eigenvalue weighted by Crippen LogP contribution is -2.45. The summed E-state index contributed by atoms with van der Waals surface area (Å²) < 4.78 is 6.40. The predicted molar refractivity (Wildman–Crippen MR) is 115 cm³/mol. The standard InChI is InChI=1S/C21H33BrN4O/c1-23-20(24-15-17-7-11-26(12-8-17)13-14-27-2)25-16-21(9-10-21)18-5-3-4-6-19(18)22/h3-6,17H,7-16H2,1-2H3,(H2,23,24,25). The van der Waals surface area contributed by atoms with Crippen LogP contribution in [0.2, 0.25) is 0 Å². The van der Waals surface area contributed by atoms with E-state index < -0.39 is 0 Å². The summed E-state index contributed by atoms with van der Waals surface area (Å²) in [5, 5.41) is 7.11. The lowest BCUT2D eigenvalue weighted by Gasteiger charge is -2.32. The minimum absolute atomic E-state index is 0.254. The number of hydrogen-bond donors (Lipinski definition) is 2. The lowest BCUT2D eigenvalue weighted by atomic mass is 9.96. The van der Waals surface area contributed by atoms with Crippen LogP contribution in [0.4, 0.5) is 0 Å². The third-order valence-corrected chi connectivity index (χ3v) is 6.69. The Hall–Kier alpha value is -1.11. The number of nitrogens with zero attached hydrogens (tertiary/aromatic N) is 2. The molecule has 0 atom stereocenters. The van der Waals surface area contributed by atoms with Crippen molar-refractivity contribution in [1.82, 2.24) is 15.5 Å². The molecular weight excluding hydrogens is 404 g/mol. The maximum atomic E-state index is 5.18. The third kappa shape index (κ3) is 5.69. The van der Waals surface area contributed by atoms with Gasteiger partial charge >= 0.3 is 0 Å². The van der Waals surface area contributed by atoms with Gasteiger partial charge in [-0.3, -0.25) is 4.99 Å². The molecule has 1 heterocycles. The molecule has 1 aromatic carbocycles. The fraction of sp³-hybridized carbons (Fsp3) is 0.667. The molecule has 6 heteroatoms. The molecule has 5 nitrogen and oxygen atoms in total. The van der Waals surface area contributed by atoms with Gasteiger partial charge in [0.15, 0.2) is 5.96 Å². The topological polar surface area (TPSA) is 48.9 Å². The number of rotatable bonds is 8. The van der Waals surface area contributed by atoms with Crippen molar-refractivity contribution >= 4 is 21.9 Å². The molecule has 1 aliphatic carbocycles. The van der Waals surface area contributed by atoms with E-state index in [-0.39, 0.29) is 5.41 Å². The van der Waals surface area contributed by atoms with E-state index in [2.05, 4.69) is 60.7 Å². The van der Waals surface area contributed by atoms with Gasteiger partial charge in [-0.05, 0) is 56.3 Å². The number of benzene rings is 1. The number of likely N-dealkylation sites (tertiary alicyclic amines) is 1. The summed E-state index contributed by atoms with van der Waals surface area (Å²) in [6.45, 7) is 6.17. The van der Waals surface area contributed by atoms with E-state index in [4.69, 9.17) is 4.74 Å². The molecule has 2 aliphatic rings. The van der Waals surface area contributed by atoms with Gasteiger partial charge in [0.25, 0.3) is 0 Å². The zero-order valence-corrected chi connectivity index (χ0v) is 18.2. The summed E-state index contributed by atoms with van der Waals surface area (Å²) in [6.07, 6.45) is 4.96. The van der Waals surface area contributed by atoms with Crippen molar-refractivity contribution in [2.75, 3.05) is 53.5 Å². The van der Waals surface area contributed by atoms with E-state index >= 15 is 0 Å². The molecule has 1 aromatic rings. The highest BCUT2D eigenvalue weighted by atomic mass is 79.9. The zero-order chi connectivity index (χ0) is 19.1. The highest BCUT2D eigenvalue weighted by Crippen LogP contribution is 2.49. The van der Waals surface area contributed by atoms with Crippen LogP contribution in [-0.2, 0) is 10.2 Å². The average Bonchev–Trinajstić information content (AvgIpc) is 3.48. The Labute approximate surface area is 172 Å². The van der Waals surface area contributed by atoms with Crippen LogP contribution >= 0.6 is 15.9 Å². The lowest BCUT2D eigenvalue weighted by molar-refractivity contribution is 0.121. The molecule has 0 unspecified atom stereocenters. The Morgan fingerprint density at radius 1 is 1.26 bits per heavy atom. The first kappa shape index (κ1) is 20.6. The van der Waals surface area contributed by atoms with Gasteiger partial charge in [-0.15, -0.1) is 0 Å². The molecule has 2 N–H and O–H groups in total. The number of halogens is 1. The second-order valence-electron chi connectivity index (χ2n) is 7.84. The highest BCUT2D eigenvalue weighted by Gasteiger charge is 2.45. The fourth-order valence-corrected chi connectivity index (χ4v) is 4.64. The quantitative estimate of drug-likeness (QED) is 0.485. The Balaban J connectivity index is 1.41. The summed E-state index contributed by atoms with van der Waals surface area (Å²) in [7, 11) is 3.64. The maximum absolute atomic E-state index is 5.18. The molecule has 27 heavy (non-hydrogen) atoms. The molecule has 1 aliphatic heterocycles. The first-order chi connectivity index (χ1) is 13.2. The van der Waals surface area contributed by atoms with Crippen molar-refractivity contribution in [3.05, 3.63) is 34.3 Å². The van der Waals surface area contributed by atoms with Crippen LogP contribution < -0.4 is 10.6 Å². The second kappa shape index (κ2) is 9.89. The normalized spacial score (nSPS) is 20.5. The van der Waals surface area contributed by atoms with E-state index in [1.165, 1.54) is 48.8 Å². The van der Waals surface area contributed by atoms with Crippen molar-refractivity contribution in [2.45, 2.75) is 31.1 Å². The van der Waals surface area contributed by atoms with E-state index in [1.807, 2.05) is 7.05 Å². The van der Waals surface area contributed by atoms with E-state index in [0.29, 0.717) is 0 Å². The number of nitrogens with one attached hydrogen (secondary N) is 2. The maximum Gasteiger partial charge on any atom is 0.191 e. The van der Waals surface area contributed by atoms with Gasteiger partial charge in [-0.2, -0.15) is 0 Å². The smallest absolute Gasteiger partial charge is 0.191 e.